The number of amides is 3. The number of guanidine groups is 1. The van der Waals surface area contributed by atoms with Gasteiger partial charge in [0, 0.05) is 6.42 Å². The molecular weight excluding hydrogens is 352 g/mol. The molecule has 10 nitrogen and oxygen atoms in total. The molecule has 1 heterocycles. The van der Waals surface area contributed by atoms with Crippen LogP contribution in [0.25, 0.3) is 0 Å². The lowest BCUT2D eigenvalue weighted by atomic mass is 9.69. The van der Waals surface area contributed by atoms with Crippen LogP contribution in [-0.2, 0) is 9.59 Å². The third-order valence-corrected chi connectivity index (χ3v) is 4.47. The van der Waals surface area contributed by atoms with E-state index in [2.05, 4.69) is 10.3 Å². The molecule has 27 heavy (non-hydrogen) atoms. The summed E-state index contributed by atoms with van der Waals surface area (Å²) in [5, 5.41) is 19.2. The average Bonchev–Trinajstić information content (AvgIpc) is 2.58. The summed E-state index contributed by atoms with van der Waals surface area (Å²) in [5.41, 5.74) is 10.1. The van der Waals surface area contributed by atoms with Gasteiger partial charge in [0.2, 0.25) is 11.9 Å². The Kier molecular flexibility index (Phi) is 5.48. The summed E-state index contributed by atoms with van der Waals surface area (Å²) in [6.07, 6.45) is -0.236. The summed E-state index contributed by atoms with van der Waals surface area (Å²) in [7, 11) is 0. The van der Waals surface area contributed by atoms with E-state index in [1.165, 1.54) is 6.92 Å². The van der Waals surface area contributed by atoms with E-state index in [0.29, 0.717) is 4.90 Å². The first-order valence-electron chi connectivity index (χ1n) is 8.17. The maximum atomic E-state index is 12.6. The number of carbonyl (C=O) groups excluding carboxylic acids is 2. The standard InChI is InChI=1S/C17H22N6O4/c1-9(10-6-4-3-5-7-10)21-16(27)23-12(13(24)25)17(2,14(23)26)8-11(18)22-15(19)20/h3-7,9,12H,8H2,1-2H3,(H,21,27)(H,24,25)(H5,18,19,20,22)/t9-,12-,17-/m1/s1. The van der Waals surface area contributed by atoms with Crippen LogP contribution < -0.4 is 16.8 Å². The number of nitrogens with zero attached hydrogens (tertiary/aromatic N) is 2. The van der Waals surface area contributed by atoms with E-state index in [9.17, 15) is 19.5 Å². The first kappa shape index (κ1) is 19.9. The van der Waals surface area contributed by atoms with E-state index in [0.717, 1.165) is 5.56 Å². The van der Waals surface area contributed by atoms with Crippen LogP contribution in [-0.4, -0.2) is 45.8 Å². The SMILES string of the molecule is C[C@@H](NC(=O)N1C(=O)[C@](C)(CC(N)=NC(=N)N)[C@H]1C(=O)O)c1ccccc1. The van der Waals surface area contributed by atoms with Crippen LogP contribution in [0.3, 0.4) is 0 Å². The predicted octanol–water partition coefficient (Wildman–Crippen LogP) is 0.400. The van der Waals surface area contributed by atoms with Crippen molar-refractivity contribution in [1.29, 1.82) is 5.41 Å². The van der Waals surface area contributed by atoms with Crippen molar-refractivity contribution < 1.29 is 19.5 Å². The number of nitrogens with two attached hydrogens (primary N) is 2. The Hall–Kier alpha value is -3.43. The van der Waals surface area contributed by atoms with Crippen LogP contribution >= 0.6 is 0 Å². The third-order valence-electron chi connectivity index (χ3n) is 4.47. The molecular formula is C17H22N6O4. The topological polar surface area (TPSA) is 175 Å². The largest absolute Gasteiger partial charge is 0.480 e. The maximum absolute atomic E-state index is 12.6. The molecule has 1 fully saturated rings. The highest BCUT2D eigenvalue weighted by atomic mass is 16.4. The van der Waals surface area contributed by atoms with Crippen molar-refractivity contribution >= 4 is 29.7 Å². The molecule has 1 aliphatic heterocycles. The lowest BCUT2D eigenvalue weighted by molar-refractivity contribution is -0.175. The van der Waals surface area contributed by atoms with Gasteiger partial charge in [-0.15, -0.1) is 0 Å². The van der Waals surface area contributed by atoms with Crippen LogP contribution in [0, 0.1) is 10.8 Å². The van der Waals surface area contributed by atoms with Gasteiger partial charge in [-0.1, -0.05) is 30.3 Å². The highest BCUT2D eigenvalue weighted by Gasteiger charge is 2.63. The molecule has 1 saturated heterocycles. The predicted molar refractivity (Wildman–Crippen MR) is 97.9 cm³/mol. The summed E-state index contributed by atoms with van der Waals surface area (Å²) < 4.78 is 0. The Balaban J connectivity index is 2.18. The van der Waals surface area contributed by atoms with Gasteiger partial charge in [0.15, 0.2) is 6.04 Å². The second kappa shape index (κ2) is 7.44. The molecule has 144 valence electrons. The molecule has 1 aliphatic rings. The number of β-lactam (4-membered cyclic amide) rings is 1. The van der Waals surface area contributed by atoms with Crippen molar-refractivity contribution in [2.24, 2.45) is 21.9 Å². The zero-order chi connectivity index (χ0) is 20.4. The van der Waals surface area contributed by atoms with Gasteiger partial charge in [0.1, 0.15) is 5.84 Å². The normalized spacial score (nSPS) is 23.3. The number of rotatable bonds is 5. The molecule has 0 saturated carbocycles. The number of hydrogen-bond acceptors (Lipinski definition) is 4. The van der Waals surface area contributed by atoms with Crippen molar-refractivity contribution in [2.45, 2.75) is 32.4 Å². The Bertz CT molecular complexity index is 809. The van der Waals surface area contributed by atoms with E-state index < -0.39 is 41.4 Å². The first-order chi connectivity index (χ1) is 12.6. The number of benzene rings is 1. The molecule has 10 heteroatoms. The van der Waals surface area contributed by atoms with E-state index in [1.54, 1.807) is 31.2 Å². The highest BCUT2D eigenvalue weighted by molar-refractivity contribution is 6.11. The molecule has 7 N–H and O–H groups in total. The van der Waals surface area contributed by atoms with Gasteiger partial charge < -0.3 is 21.9 Å². The smallest absolute Gasteiger partial charge is 0.328 e. The Morgan fingerprint density at radius 3 is 2.48 bits per heavy atom. The fraction of sp³-hybridized carbons (Fsp3) is 0.353. The van der Waals surface area contributed by atoms with Gasteiger partial charge in [0.25, 0.3) is 0 Å². The highest BCUT2D eigenvalue weighted by Crippen LogP contribution is 2.42. The number of likely N-dealkylation sites (tertiary alicyclic amines) is 1. The van der Waals surface area contributed by atoms with Crippen molar-refractivity contribution in [1.82, 2.24) is 10.2 Å². The van der Waals surface area contributed by atoms with E-state index >= 15 is 0 Å². The number of nitrogens with one attached hydrogen (secondary N) is 2. The van der Waals surface area contributed by atoms with Crippen molar-refractivity contribution in [3.05, 3.63) is 35.9 Å². The number of aliphatic imine (C=N–C) groups is 1. The molecule has 0 radical (unpaired) electrons. The number of amidine groups is 1. The van der Waals surface area contributed by atoms with E-state index in [-0.39, 0.29) is 12.3 Å². The molecule has 0 unspecified atom stereocenters. The summed E-state index contributed by atoms with van der Waals surface area (Å²) >= 11 is 0. The molecule has 0 bridgehead atoms. The fourth-order valence-corrected chi connectivity index (χ4v) is 3.14. The minimum atomic E-state index is -1.46. The number of carbonyl (C=O) groups is 3. The number of aliphatic carboxylic acids is 1. The molecule has 1 aromatic rings. The lowest BCUT2D eigenvalue weighted by Gasteiger charge is -2.50. The molecule has 3 atom stereocenters. The third kappa shape index (κ3) is 3.89. The number of urea groups is 1. The van der Waals surface area contributed by atoms with Crippen LogP contribution in [0.15, 0.2) is 35.3 Å². The summed E-state index contributed by atoms with van der Waals surface area (Å²) in [4.78, 5) is 41.0. The molecule has 1 aromatic carbocycles. The van der Waals surface area contributed by atoms with Gasteiger partial charge in [-0.05, 0) is 19.4 Å². The Morgan fingerprint density at radius 2 is 1.96 bits per heavy atom. The maximum Gasteiger partial charge on any atom is 0.328 e. The number of hydrogen-bond donors (Lipinski definition) is 5. The van der Waals surface area contributed by atoms with Crippen LogP contribution in [0.5, 0.6) is 0 Å². The fourth-order valence-electron chi connectivity index (χ4n) is 3.14. The molecule has 3 amide bonds. The van der Waals surface area contributed by atoms with Crippen LogP contribution in [0.2, 0.25) is 0 Å². The second-order valence-corrected chi connectivity index (χ2v) is 6.58. The van der Waals surface area contributed by atoms with Gasteiger partial charge in [-0.3, -0.25) is 10.2 Å². The Labute approximate surface area is 155 Å². The van der Waals surface area contributed by atoms with Gasteiger partial charge >= 0.3 is 12.0 Å². The molecule has 2 rings (SSSR count). The number of carboxylic acids is 1. The molecule has 0 spiro atoms. The number of carboxylic acid groups (broad SMARTS) is 1. The van der Waals surface area contributed by atoms with Gasteiger partial charge in [-0.2, -0.15) is 0 Å². The van der Waals surface area contributed by atoms with Crippen LogP contribution in [0.4, 0.5) is 4.79 Å². The second-order valence-electron chi connectivity index (χ2n) is 6.58. The van der Waals surface area contributed by atoms with Crippen LogP contribution in [0.1, 0.15) is 31.9 Å². The van der Waals surface area contributed by atoms with Crippen molar-refractivity contribution in [3.63, 3.8) is 0 Å². The van der Waals surface area contributed by atoms with Gasteiger partial charge in [0.05, 0.1) is 11.5 Å². The zero-order valence-corrected chi connectivity index (χ0v) is 15.0. The van der Waals surface area contributed by atoms with E-state index in [4.69, 9.17) is 16.9 Å². The minimum absolute atomic E-state index is 0.151. The number of imide groups is 1. The molecule has 0 aromatic heterocycles. The summed E-state index contributed by atoms with van der Waals surface area (Å²) in [6, 6.07) is 6.42. The quantitative estimate of drug-likeness (QED) is 0.283. The lowest BCUT2D eigenvalue weighted by Crippen LogP contribution is -2.74. The Morgan fingerprint density at radius 1 is 1.37 bits per heavy atom. The monoisotopic (exact) mass is 374 g/mol. The zero-order valence-electron chi connectivity index (χ0n) is 15.0. The van der Waals surface area contributed by atoms with Crippen molar-refractivity contribution in [2.75, 3.05) is 0 Å². The van der Waals surface area contributed by atoms with Crippen molar-refractivity contribution in [3.8, 4) is 0 Å². The minimum Gasteiger partial charge on any atom is -0.480 e. The van der Waals surface area contributed by atoms with Gasteiger partial charge in [-0.25, -0.2) is 19.5 Å². The summed E-state index contributed by atoms with van der Waals surface area (Å²) in [6.45, 7) is 3.12. The molecule has 0 aliphatic carbocycles. The van der Waals surface area contributed by atoms with E-state index in [1.807, 2.05) is 6.07 Å². The summed E-state index contributed by atoms with van der Waals surface area (Å²) in [5.74, 6) is -2.73. The first-order valence-corrected chi connectivity index (χ1v) is 8.17. The average molecular weight is 374 g/mol.